The quantitative estimate of drug-likeness (QED) is 0.204. The molecule has 0 aromatic heterocycles. The molecule has 11 heteroatoms. The van der Waals surface area contributed by atoms with Gasteiger partial charge in [0, 0.05) is 13.8 Å². The number of ether oxygens (including phenoxy) is 3. The zero-order chi connectivity index (χ0) is 24.9. The van der Waals surface area contributed by atoms with E-state index in [4.69, 9.17) is 14.2 Å². The van der Waals surface area contributed by atoms with Gasteiger partial charge in [-0.25, -0.2) is 0 Å². The second-order valence-electron chi connectivity index (χ2n) is 6.98. The zero-order valence-corrected chi connectivity index (χ0v) is 18.3. The molecule has 0 saturated heterocycles. The minimum atomic E-state index is -3.31. The largest absolute Gasteiger partial charge is 0.497 e. The fraction of sp³-hybridized carbons (Fsp3) is 0.476. The summed E-state index contributed by atoms with van der Waals surface area (Å²) < 4.78 is 15.7. The van der Waals surface area contributed by atoms with E-state index in [9.17, 15) is 39.3 Å². The van der Waals surface area contributed by atoms with Gasteiger partial charge < -0.3 is 29.5 Å². The summed E-state index contributed by atoms with van der Waals surface area (Å²) in [6.45, 7) is 1.97. The highest BCUT2D eigenvalue weighted by Gasteiger charge is 2.73. The van der Waals surface area contributed by atoms with E-state index in [-0.39, 0.29) is 5.75 Å². The number of ketones is 4. The third-order valence-electron chi connectivity index (χ3n) is 4.78. The highest BCUT2D eigenvalue weighted by atomic mass is 16.6. The minimum absolute atomic E-state index is 0.223. The lowest BCUT2D eigenvalue weighted by Gasteiger charge is -2.47. The van der Waals surface area contributed by atoms with E-state index in [1.807, 2.05) is 0 Å². The van der Waals surface area contributed by atoms with Crippen LogP contribution >= 0.6 is 0 Å². The van der Waals surface area contributed by atoms with Crippen LogP contribution in [0.25, 0.3) is 0 Å². The topological polar surface area (TPSA) is 174 Å². The Morgan fingerprint density at radius 2 is 1.41 bits per heavy atom. The number of hydrogen-bond acceptors (Lipinski definition) is 11. The maximum atomic E-state index is 13.0. The number of benzene rings is 1. The predicted octanol–water partition coefficient (Wildman–Crippen LogP) is -0.835. The van der Waals surface area contributed by atoms with Gasteiger partial charge in [0.25, 0.3) is 11.4 Å². The van der Waals surface area contributed by atoms with Crippen LogP contribution in [0.15, 0.2) is 24.3 Å². The predicted molar refractivity (Wildman–Crippen MR) is 107 cm³/mol. The smallest absolute Gasteiger partial charge is 0.304 e. The van der Waals surface area contributed by atoms with Gasteiger partial charge in [0.05, 0.1) is 13.7 Å². The van der Waals surface area contributed by atoms with Crippen LogP contribution < -0.4 is 9.47 Å². The van der Waals surface area contributed by atoms with Crippen molar-refractivity contribution in [1.82, 2.24) is 0 Å². The fourth-order valence-electron chi connectivity index (χ4n) is 3.32. The van der Waals surface area contributed by atoms with Crippen LogP contribution in [-0.2, 0) is 28.7 Å². The molecule has 0 aliphatic carbocycles. The molecule has 0 spiro atoms. The Morgan fingerprint density at radius 3 is 1.75 bits per heavy atom. The molecular weight excluding hydrogens is 428 g/mol. The second kappa shape index (κ2) is 10.4. The average Bonchev–Trinajstić information content (AvgIpc) is 2.74. The van der Waals surface area contributed by atoms with Gasteiger partial charge in [0.2, 0.25) is 5.60 Å². The first-order valence-electron chi connectivity index (χ1n) is 9.38. The number of carbonyl (C=O) groups is 5. The number of carbonyl (C=O) groups excluding carboxylic acids is 5. The summed E-state index contributed by atoms with van der Waals surface area (Å²) in [4.78, 5) is 62.9. The lowest BCUT2D eigenvalue weighted by Crippen LogP contribution is -2.78. The van der Waals surface area contributed by atoms with Crippen LogP contribution in [0, 0.1) is 0 Å². The first-order chi connectivity index (χ1) is 14.8. The molecule has 0 heterocycles. The molecule has 32 heavy (non-hydrogen) atoms. The summed E-state index contributed by atoms with van der Waals surface area (Å²) in [5.41, 5.74) is -6.46. The van der Waals surface area contributed by atoms with Crippen molar-refractivity contribution in [3.05, 3.63) is 24.3 Å². The van der Waals surface area contributed by atoms with Crippen LogP contribution in [0.4, 0.5) is 0 Å². The molecule has 0 fully saturated rings. The lowest BCUT2D eigenvalue weighted by molar-refractivity contribution is -0.219. The highest BCUT2D eigenvalue weighted by Crippen LogP contribution is 2.40. The Kier molecular flexibility index (Phi) is 8.77. The summed E-state index contributed by atoms with van der Waals surface area (Å²) in [6, 6.07) is 5.24. The van der Waals surface area contributed by atoms with Crippen LogP contribution in [0.5, 0.6) is 11.5 Å². The third-order valence-corrected chi connectivity index (χ3v) is 4.78. The van der Waals surface area contributed by atoms with Gasteiger partial charge >= 0.3 is 5.97 Å². The molecule has 176 valence electrons. The molecule has 0 aliphatic heterocycles. The van der Waals surface area contributed by atoms with Crippen molar-refractivity contribution < 1.29 is 53.5 Å². The Hall–Kier alpha value is -3.15. The molecule has 0 amide bonds. The maximum Gasteiger partial charge on any atom is 0.304 e. The molecule has 1 aromatic carbocycles. The average molecular weight is 454 g/mol. The molecular formula is C21H26O11. The van der Waals surface area contributed by atoms with Crippen LogP contribution in [0.3, 0.4) is 0 Å². The molecule has 11 nitrogen and oxygen atoms in total. The van der Waals surface area contributed by atoms with E-state index in [1.54, 1.807) is 0 Å². The Bertz CT molecular complexity index is 892. The molecule has 0 radical (unpaired) electrons. The molecule has 0 saturated carbocycles. The van der Waals surface area contributed by atoms with E-state index < -0.39 is 59.1 Å². The summed E-state index contributed by atoms with van der Waals surface area (Å²) in [6.07, 6.45) is -4.65. The maximum absolute atomic E-state index is 13.0. The van der Waals surface area contributed by atoms with E-state index >= 15 is 0 Å². The number of aliphatic hydroxyl groups is 3. The third kappa shape index (κ3) is 4.69. The molecule has 0 bridgehead atoms. The molecule has 0 aliphatic rings. The Morgan fingerprint density at radius 1 is 0.906 bits per heavy atom. The number of methoxy groups -OCH3 is 1. The molecule has 3 unspecified atom stereocenters. The molecule has 3 N–H and O–H groups in total. The van der Waals surface area contributed by atoms with Crippen molar-refractivity contribution in [2.24, 2.45) is 0 Å². The minimum Gasteiger partial charge on any atom is -0.497 e. The number of rotatable bonds is 12. The molecule has 1 aromatic rings. The van der Waals surface area contributed by atoms with Gasteiger partial charge in [-0.1, -0.05) is 0 Å². The highest BCUT2D eigenvalue weighted by molar-refractivity contribution is 6.45. The lowest BCUT2D eigenvalue weighted by atomic mass is 9.68. The normalized spacial score (nSPS) is 16.5. The number of esters is 1. The summed E-state index contributed by atoms with van der Waals surface area (Å²) in [5, 5.41) is 30.5. The number of aliphatic hydroxyl groups excluding tert-OH is 3. The van der Waals surface area contributed by atoms with E-state index in [1.165, 1.54) is 31.4 Å². The van der Waals surface area contributed by atoms with Gasteiger partial charge in [-0.3, -0.25) is 24.0 Å². The van der Waals surface area contributed by atoms with Gasteiger partial charge in [-0.15, -0.1) is 0 Å². The van der Waals surface area contributed by atoms with Crippen molar-refractivity contribution >= 4 is 29.1 Å². The first-order valence-corrected chi connectivity index (χ1v) is 9.38. The fourth-order valence-corrected chi connectivity index (χ4v) is 3.32. The van der Waals surface area contributed by atoms with Crippen molar-refractivity contribution in [3.8, 4) is 11.5 Å². The van der Waals surface area contributed by atoms with Gasteiger partial charge in [-0.2, -0.15) is 0 Å². The van der Waals surface area contributed by atoms with Crippen LogP contribution in [0.2, 0.25) is 0 Å². The molecule has 4 atom stereocenters. The zero-order valence-electron chi connectivity index (χ0n) is 18.3. The summed E-state index contributed by atoms with van der Waals surface area (Å²) in [5.74, 6) is -6.67. The number of Topliss-reactive ketones (excluding diaryl/α,β-unsaturated/α-hetero) is 4. The SMILES string of the molecule is COc1ccc(OC(C(C)=O)(C(O)C(O)CO)[C@](OC(C)=O)(C(C)=O)C(=O)C(C)=O)cc1. The van der Waals surface area contributed by atoms with Gasteiger partial charge in [0.15, 0.2) is 17.3 Å². The Labute approximate surface area is 183 Å². The van der Waals surface area contributed by atoms with Crippen molar-refractivity contribution in [1.29, 1.82) is 0 Å². The van der Waals surface area contributed by atoms with Crippen LogP contribution in [0.1, 0.15) is 27.7 Å². The Balaban J connectivity index is 4.09. The first kappa shape index (κ1) is 26.9. The van der Waals surface area contributed by atoms with E-state index in [0.717, 1.165) is 27.7 Å². The molecule has 1 rings (SSSR count). The van der Waals surface area contributed by atoms with E-state index in [2.05, 4.69) is 0 Å². The van der Waals surface area contributed by atoms with Crippen molar-refractivity contribution in [3.63, 3.8) is 0 Å². The standard InChI is InChI=1S/C21H26O11/c1-11(23)18(28)20(12(2)24,31-14(4)26)21(13(3)25,19(29)17(27)10-22)32-16-8-6-15(30-5)7-9-16/h6-9,17,19,22,27,29H,10H2,1-5H3/t17?,19?,20-,21?/m0/s1. The summed E-state index contributed by atoms with van der Waals surface area (Å²) in [7, 11) is 1.38. The van der Waals surface area contributed by atoms with Gasteiger partial charge in [-0.05, 0) is 38.1 Å². The van der Waals surface area contributed by atoms with Crippen molar-refractivity contribution in [2.75, 3.05) is 13.7 Å². The van der Waals surface area contributed by atoms with Crippen molar-refractivity contribution in [2.45, 2.75) is 51.1 Å². The van der Waals surface area contributed by atoms with Crippen LogP contribution in [-0.4, -0.2) is 81.5 Å². The number of hydrogen-bond donors (Lipinski definition) is 3. The summed E-state index contributed by atoms with van der Waals surface area (Å²) >= 11 is 0. The van der Waals surface area contributed by atoms with E-state index in [0.29, 0.717) is 5.75 Å². The van der Waals surface area contributed by atoms with Gasteiger partial charge in [0.1, 0.15) is 23.7 Å². The second-order valence-corrected chi connectivity index (χ2v) is 6.98. The monoisotopic (exact) mass is 454 g/mol.